The molecule has 3 atom stereocenters. The highest BCUT2D eigenvalue weighted by Crippen LogP contribution is 2.42. The van der Waals surface area contributed by atoms with Crippen LogP contribution in [-0.2, 0) is 0 Å². The Morgan fingerprint density at radius 3 is 2.51 bits per heavy atom. The van der Waals surface area contributed by atoms with E-state index in [2.05, 4.69) is 57.0 Å². The first-order valence-electron chi connectivity index (χ1n) is 14.6. The van der Waals surface area contributed by atoms with Crippen molar-refractivity contribution in [1.29, 1.82) is 0 Å². The fraction of sp³-hybridized carbons (Fsp3) is 0.324. The van der Waals surface area contributed by atoms with Gasteiger partial charge in [-0.1, -0.05) is 42.5 Å². The van der Waals surface area contributed by atoms with Gasteiger partial charge in [0.15, 0.2) is 5.65 Å². The van der Waals surface area contributed by atoms with Gasteiger partial charge in [0.25, 0.3) is 5.91 Å². The first-order chi connectivity index (χ1) is 20.0. The van der Waals surface area contributed by atoms with Crippen LogP contribution in [0.15, 0.2) is 85.1 Å². The zero-order chi connectivity index (χ0) is 27.9. The molecule has 1 amide bonds. The number of aromatic nitrogens is 3. The number of nitrogens with one attached hydrogen (secondary N) is 1. The van der Waals surface area contributed by atoms with Gasteiger partial charge in [0, 0.05) is 36.4 Å². The molecule has 0 radical (unpaired) electrons. The van der Waals surface area contributed by atoms with Crippen molar-refractivity contribution in [3.8, 4) is 0 Å². The van der Waals surface area contributed by atoms with Crippen LogP contribution in [-0.4, -0.2) is 44.0 Å². The van der Waals surface area contributed by atoms with Crippen LogP contribution in [0.3, 0.4) is 0 Å². The molecule has 2 aromatic heterocycles. The number of benzene rings is 3. The third-order valence-electron chi connectivity index (χ3n) is 9.14. The molecule has 7 rings (SSSR count). The number of aryl methyl sites for hydroxylation is 1. The van der Waals surface area contributed by atoms with Gasteiger partial charge >= 0.3 is 0 Å². The van der Waals surface area contributed by atoms with Gasteiger partial charge < -0.3 is 9.88 Å². The quantitative estimate of drug-likeness (QED) is 0.245. The summed E-state index contributed by atoms with van der Waals surface area (Å²) in [6, 6.07) is 25.6. The third-order valence-corrected chi connectivity index (χ3v) is 9.14. The maximum atomic E-state index is 13.5. The number of halogens is 1. The number of nitrogens with zero attached hydrogens (tertiary/aromatic N) is 4. The van der Waals surface area contributed by atoms with Crippen LogP contribution < -0.4 is 5.32 Å². The SMILES string of the molecule is Cc1nc2cccnc2n1C1CC2CCC(C1)N2CC[C@H](NC(=O)c1ccc(F)cc1)c1cccc2ccccc12. The van der Waals surface area contributed by atoms with Gasteiger partial charge in [-0.2, -0.15) is 0 Å². The standard InChI is InChI=1S/C34H34FN5O/c1-22-37-32-10-5-18-36-33(32)40(22)28-20-26-15-16-27(21-28)39(26)19-17-31(38-34(41)24-11-13-25(35)14-12-24)30-9-4-7-23-6-2-3-8-29(23)30/h2-14,18,26-28,31H,15-17,19-21H2,1H3,(H,38,41)/t26?,27?,28?,31-/m0/s1. The van der Waals surface area contributed by atoms with Gasteiger partial charge in [0.2, 0.25) is 0 Å². The molecule has 0 saturated carbocycles. The molecule has 7 heteroatoms. The minimum Gasteiger partial charge on any atom is -0.345 e. The van der Waals surface area contributed by atoms with Crippen molar-refractivity contribution >= 4 is 27.8 Å². The highest BCUT2D eigenvalue weighted by Gasteiger charge is 2.42. The average Bonchev–Trinajstić information content (AvgIpc) is 3.45. The Morgan fingerprint density at radius 1 is 0.951 bits per heavy atom. The van der Waals surface area contributed by atoms with Crippen molar-refractivity contribution in [1.82, 2.24) is 24.8 Å². The Kier molecular flexibility index (Phi) is 6.75. The van der Waals surface area contributed by atoms with Crippen molar-refractivity contribution < 1.29 is 9.18 Å². The molecular weight excluding hydrogens is 513 g/mol. The molecule has 0 aliphatic carbocycles. The Bertz CT molecular complexity index is 1690. The highest BCUT2D eigenvalue weighted by atomic mass is 19.1. The summed E-state index contributed by atoms with van der Waals surface area (Å²) < 4.78 is 15.9. The molecule has 2 unspecified atom stereocenters. The summed E-state index contributed by atoms with van der Waals surface area (Å²) in [5, 5.41) is 5.61. The van der Waals surface area contributed by atoms with Crippen LogP contribution in [0.5, 0.6) is 0 Å². The number of hydrogen-bond acceptors (Lipinski definition) is 4. The van der Waals surface area contributed by atoms with Gasteiger partial charge in [0.05, 0.1) is 6.04 Å². The lowest BCUT2D eigenvalue weighted by Gasteiger charge is -2.40. The van der Waals surface area contributed by atoms with Gasteiger partial charge in [-0.3, -0.25) is 9.69 Å². The second-order valence-corrected chi connectivity index (χ2v) is 11.5. The molecule has 5 aromatic rings. The predicted octanol–water partition coefficient (Wildman–Crippen LogP) is 6.76. The molecule has 208 valence electrons. The van der Waals surface area contributed by atoms with E-state index < -0.39 is 0 Å². The number of piperidine rings is 1. The first kappa shape index (κ1) is 25.8. The summed E-state index contributed by atoms with van der Waals surface area (Å²) in [5.74, 6) is 0.511. The molecule has 4 heterocycles. The van der Waals surface area contributed by atoms with E-state index in [-0.39, 0.29) is 17.8 Å². The van der Waals surface area contributed by atoms with Crippen molar-refractivity contribution in [3.63, 3.8) is 0 Å². The number of carbonyl (C=O) groups excluding carboxylic acids is 1. The van der Waals surface area contributed by atoms with E-state index >= 15 is 0 Å². The normalized spacial score (nSPS) is 21.4. The van der Waals surface area contributed by atoms with Crippen LogP contribution >= 0.6 is 0 Å². The summed E-state index contributed by atoms with van der Waals surface area (Å²) >= 11 is 0. The third kappa shape index (κ3) is 4.88. The van der Waals surface area contributed by atoms with E-state index in [0.29, 0.717) is 23.7 Å². The van der Waals surface area contributed by atoms with Crippen LogP contribution in [0.25, 0.3) is 21.9 Å². The van der Waals surface area contributed by atoms with Crippen LogP contribution in [0.4, 0.5) is 4.39 Å². The number of rotatable bonds is 7. The second-order valence-electron chi connectivity index (χ2n) is 11.5. The zero-order valence-corrected chi connectivity index (χ0v) is 23.2. The molecule has 1 N–H and O–H groups in total. The van der Waals surface area contributed by atoms with Crippen molar-refractivity contribution in [2.45, 2.75) is 63.2 Å². The largest absolute Gasteiger partial charge is 0.345 e. The maximum Gasteiger partial charge on any atom is 0.251 e. The van der Waals surface area contributed by atoms with Crippen LogP contribution in [0, 0.1) is 12.7 Å². The van der Waals surface area contributed by atoms with E-state index in [4.69, 9.17) is 4.98 Å². The summed E-state index contributed by atoms with van der Waals surface area (Å²) in [5.41, 5.74) is 3.54. The minimum atomic E-state index is -0.347. The molecule has 2 fully saturated rings. The molecule has 3 aromatic carbocycles. The maximum absolute atomic E-state index is 13.5. The fourth-order valence-corrected chi connectivity index (χ4v) is 7.28. The number of imidazole rings is 1. The van der Waals surface area contributed by atoms with Crippen molar-refractivity contribution in [2.24, 2.45) is 0 Å². The topological polar surface area (TPSA) is 63.1 Å². The average molecular weight is 548 g/mol. The second kappa shape index (κ2) is 10.7. The van der Waals surface area contributed by atoms with E-state index in [1.807, 2.05) is 30.5 Å². The highest BCUT2D eigenvalue weighted by molar-refractivity contribution is 5.95. The Hall–Kier alpha value is -4.10. The summed E-state index contributed by atoms with van der Waals surface area (Å²) in [6.07, 6.45) is 7.22. The van der Waals surface area contributed by atoms with Crippen LogP contribution in [0.2, 0.25) is 0 Å². The van der Waals surface area contributed by atoms with E-state index in [0.717, 1.165) is 59.1 Å². The number of hydrogen-bond donors (Lipinski definition) is 1. The molecule has 41 heavy (non-hydrogen) atoms. The molecule has 2 bridgehead atoms. The number of fused-ring (bicyclic) bond motifs is 4. The van der Waals surface area contributed by atoms with E-state index in [9.17, 15) is 9.18 Å². The van der Waals surface area contributed by atoms with Crippen molar-refractivity contribution in [2.75, 3.05) is 6.54 Å². The minimum absolute atomic E-state index is 0.167. The summed E-state index contributed by atoms with van der Waals surface area (Å²) in [4.78, 5) is 25.4. The van der Waals surface area contributed by atoms with Gasteiger partial charge in [0.1, 0.15) is 17.2 Å². The summed E-state index contributed by atoms with van der Waals surface area (Å²) in [6.45, 7) is 3.00. The van der Waals surface area contributed by atoms with Gasteiger partial charge in [-0.25, -0.2) is 14.4 Å². The Balaban J connectivity index is 1.13. The molecule has 2 aliphatic heterocycles. The van der Waals surface area contributed by atoms with Crippen LogP contribution in [0.1, 0.15) is 65.9 Å². The molecule has 6 nitrogen and oxygen atoms in total. The number of amides is 1. The zero-order valence-electron chi connectivity index (χ0n) is 23.2. The molecule has 0 spiro atoms. The van der Waals surface area contributed by atoms with Crippen molar-refractivity contribution in [3.05, 3.63) is 108 Å². The van der Waals surface area contributed by atoms with E-state index in [1.165, 1.54) is 25.0 Å². The summed E-state index contributed by atoms with van der Waals surface area (Å²) in [7, 11) is 0. The Labute approximate surface area is 239 Å². The van der Waals surface area contributed by atoms with Gasteiger partial charge in [-0.15, -0.1) is 0 Å². The lowest BCUT2D eigenvalue weighted by molar-refractivity contribution is 0.0896. The van der Waals surface area contributed by atoms with Gasteiger partial charge in [-0.05, 0) is 91.8 Å². The Morgan fingerprint density at radius 2 is 1.71 bits per heavy atom. The molecule has 2 aliphatic rings. The van der Waals surface area contributed by atoms with E-state index in [1.54, 1.807) is 12.1 Å². The number of pyridine rings is 1. The number of carbonyl (C=O) groups is 1. The lowest BCUT2D eigenvalue weighted by Crippen LogP contribution is -2.45. The molecule has 2 saturated heterocycles. The monoisotopic (exact) mass is 547 g/mol. The fourth-order valence-electron chi connectivity index (χ4n) is 7.28. The molecular formula is C34H34FN5O. The lowest BCUT2D eigenvalue weighted by atomic mass is 9.93. The predicted molar refractivity (Wildman–Crippen MR) is 159 cm³/mol. The first-order valence-corrected chi connectivity index (χ1v) is 14.6. The smallest absolute Gasteiger partial charge is 0.251 e.